The number of benzene rings is 2. The maximum atomic E-state index is 5.91. The first-order valence-electron chi connectivity index (χ1n) is 11.9. The van der Waals surface area contributed by atoms with Gasteiger partial charge in [-0.1, -0.05) is 0 Å². The molecule has 0 bridgehead atoms. The standard InChI is InChI=1S/C25H28N4O6S/c1-28-6-5-15-11-19-22(35-14-34-19)23(30-2)20(15)21(28)24(27-25(36)29-7-9-31-10-8-29)26-16-3-4-17-18(12-16)33-13-32-17/h3-4,11-12,21H,5-10,13-14H2,1-2H3,(H,26,27,36)/t21-/m0/s1. The summed E-state index contributed by atoms with van der Waals surface area (Å²) >= 11 is 5.80. The molecule has 1 saturated heterocycles. The number of methoxy groups -OCH3 is 1. The van der Waals surface area contributed by atoms with Crippen molar-refractivity contribution in [3.05, 3.63) is 35.4 Å². The van der Waals surface area contributed by atoms with Gasteiger partial charge in [0.15, 0.2) is 28.1 Å². The number of hydrogen-bond acceptors (Lipinski definition) is 8. The lowest BCUT2D eigenvalue weighted by atomic mass is 9.90. The summed E-state index contributed by atoms with van der Waals surface area (Å²) in [4.78, 5) is 9.31. The number of likely N-dealkylation sites (N-methyl/N-ethyl adjacent to an activating group) is 1. The zero-order valence-electron chi connectivity index (χ0n) is 20.2. The van der Waals surface area contributed by atoms with Crippen molar-refractivity contribution in [1.29, 1.82) is 0 Å². The molecular weight excluding hydrogens is 484 g/mol. The van der Waals surface area contributed by atoms with E-state index in [9.17, 15) is 0 Å². The fourth-order valence-corrected chi connectivity index (χ4v) is 5.27. The molecule has 0 aromatic heterocycles. The third-order valence-corrected chi connectivity index (χ3v) is 7.15. The molecule has 0 unspecified atom stereocenters. The molecule has 1 atom stereocenters. The fraction of sp³-hybridized carbons (Fsp3) is 0.440. The van der Waals surface area contributed by atoms with E-state index in [1.54, 1.807) is 7.11 Å². The topological polar surface area (TPSA) is 86.3 Å². The van der Waals surface area contributed by atoms with Gasteiger partial charge in [0.1, 0.15) is 5.84 Å². The van der Waals surface area contributed by atoms with E-state index in [1.807, 2.05) is 18.2 Å². The molecule has 1 fully saturated rings. The molecule has 0 amide bonds. The van der Waals surface area contributed by atoms with E-state index < -0.39 is 0 Å². The minimum atomic E-state index is -0.261. The van der Waals surface area contributed by atoms with E-state index in [1.165, 1.54) is 0 Å². The minimum absolute atomic E-state index is 0.173. The highest BCUT2D eigenvalue weighted by Crippen LogP contribution is 2.49. The molecule has 10 nitrogen and oxygen atoms in total. The van der Waals surface area contributed by atoms with E-state index in [2.05, 4.69) is 28.2 Å². The molecule has 0 spiro atoms. The van der Waals surface area contributed by atoms with Gasteiger partial charge in [-0.15, -0.1) is 0 Å². The average Bonchev–Trinajstić information content (AvgIpc) is 3.56. The highest BCUT2D eigenvalue weighted by atomic mass is 32.1. The van der Waals surface area contributed by atoms with Crippen molar-refractivity contribution in [3.8, 4) is 28.7 Å². The molecule has 4 aliphatic heterocycles. The van der Waals surface area contributed by atoms with Crippen LogP contribution in [0.4, 0.5) is 5.69 Å². The summed E-state index contributed by atoms with van der Waals surface area (Å²) in [6, 6.07) is 7.54. The van der Waals surface area contributed by atoms with E-state index in [4.69, 9.17) is 45.6 Å². The van der Waals surface area contributed by atoms with Gasteiger partial charge in [-0.2, -0.15) is 0 Å². The second-order valence-corrected chi connectivity index (χ2v) is 9.29. The van der Waals surface area contributed by atoms with Gasteiger partial charge >= 0.3 is 0 Å². The normalized spacial score (nSPS) is 20.8. The molecule has 0 aliphatic carbocycles. The number of anilines is 1. The van der Waals surface area contributed by atoms with Crippen LogP contribution in [0, 0.1) is 0 Å². The van der Waals surface area contributed by atoms with Crippen LogP contribution in [0.1, 0.15) is 17.2 Å². The maximum absolute atomic E-state index is 5.91. The molecule has 11 heteroatoms. The lowest BCUT2D eigenvalue weighted by molar-refractivity contribution is 0.0686. The van der Waals surface area contributed by atoms with Crippen LogP contribution in [0.3, 0.4) is 0 Å². The van der Waals surface area contributed by atoms with Gasteiger partial charge in [-0.05, 0) is 49.4 Å². The molecule has 190 valence electrons. The minimum Gasteiger partial charge on any atom is -0.492 e. The predicted molar refractivity (Wildman–Crippen MR) is 137 cm³/mol. The molecule has 4 heterocycles. The van der Waals surface area contributed by atoms with E-state index in [0.717, 1.165) is 35.5 Å². The second-order valence-electron chi connectivity index (χ2n) is 8.92. The monoisotopic (exact) mass is 512 g/mol. The Morgan fingerprint density at radius 3 is 2.64 bits per heavy atom. The first kappa shape index (κ1) is 23.1. The first-order valence-corrected chi connectivity index (χ1v) is 12.3. The number of aliphatic imine (C=N–C) groups is 1. The largest absolute Gasteiger partial charge is 0.492 e. The van der Waals surface area contributed by atoms with Crippen molar-refractivity contribution in [2.45, 2.75) is 12.5 Å². The molecule has 2 aromatic rings. The molecule has 6 rings (SSSR count). The number of rotatable bonds is 3. The first-order chi connectivity index (χ1) is 17.6. The van der Waals surface area contributed by atoms with Crippen LogP contribution >= 0.6 is 12.2 Å². The van der Waals surface area contributed by atoms with E-state index >= 15 is 0 Å². The fourth-order valence-electron chi connectivity index (χ4n) is 4.99. The molecule has 0 radical (unpaired) electrons. The van der Waals surface area contributed by atoms with Crippen molar-refractivity contribution in [1.82, 2.24) is 9.80 Å². The Kier molecular flexibility index (Phi) is 6.20. The van der Waals surface area contributed by atoms with Gasteiger partial charge < -0.3 is 38.6 Å². The van der Waals surface area contributed by atoms with Crippen molar-refractivity contribution >= 4 is 28.9 Å². The van der Waals surface area contributed by atoms with E-state index in [0.29, 0.717) is 60.2 Å². The van der Waals surface area contributed by atoms with Crippen molar-refractivity contribution in [3.63, 3.8) is 0 Å². The number of hydrogen-bond donors (Lipinski definition) is 1. The summed E-state index contributed by atoms with van der Waals surface area (Å²) in [7, 11) is 3.73. The molecule has 2 aromatic carbocycles. The van der Waals surface area contributed by atoms with Crippen molar-refractivity contribution in [2.75, 3.05) is 65.9 Å². The van der Waals surface area contributed by atoms with Crippen LogP contribution in [0.15, 0.2) is 29.3 Å². The Morgan fingerprint density at radius 2 is 1.81 bits per heavy atom. The Bertz CT molecular complexity index is 1220. The smallest absolute Gasteiger partial charge is 0.231 e. The summed E-state index contributed by atoms with van der Waals surface area (Å²) in [5.41, 5.74) is 2.95. The Labute approximate surface area is 214 Å². The molecule has 36 heavy (non-hydrogen) atoms. The Hall–Kier alpha value is -3.28. The van der Waals surface area contributed by atoms with Crippen LogP contribution in [-0.2, 0) is 11.2 Å². The number of amidine groups is 1. The summed E-state index contributed by atoms with van der Waals surface area (Å²) in [6.07, 6.45) is 0.848. The molecular formula is C25H28N4O6S. The van der Waals surface area contributed by atoms with Crippen LogP contribution in [0.25, 0.3) is 0 Å². The van der Waals surface area contributed by atoms with Crippen LogP contribution in [0.5, 0.6) is 28.7 Å². The summed E-state index contributed by atoms with van der Waals surface area (Å²) < 4.78 is 34.0. The van der Waals surface area contributed by atoms with Gasteiger partial charge in [0.25, 0.3) is 0 Å². The van der Waals surface area contributed by atoms with Gasteiger partial charge in [-0.25, -0.2) is 4.99 Å². The number of nitrogens with one attached hydrogen (secondary N) is 1. The molecule has 1 N–H and O–H groups in total. The predicted octanol–water partition coefficient (Wildman–Crippen LogP) is 2.81. The van der Waals surface area contributed by atoms with Gasteiger partial charge in [0, 0.05) is 37.0 Å². The summed E-state index contributed by atoms with van der Waals surface area (Å²) in [5.74, 6) is 4.08. The zero-order chi connectivity index (χ0) is 24.6. The summed E-state index contributed by atoms with van der Waals surface area (Å²) in [5, 5.41) is 4.05. The van der Waals surface area contributed by atoms with Gasteiger partial charge in [0.2, 0.25) is 19.3 Å². The zero-order valence-corrected chi connectivity index (χ0v) is 21.1. The number of thiocarbonyl (C=S) groups is 1. The third kappa shape index (κ3) is 4.16. The van der Waals surface area contributed by atoms with Crippen LogP contribution in [0.2, 0.25) is 0 Å². The van der Waals surface area contributed by atoms with Gasteiger partial charge in [0.05, 0.1) is 26.4 Å². The van der Waals surface area contributed by atoms with Crippen molar-refractivity contribution in [2.24, 2.45) is 4.99 Å². The lowest BCUT2D eigenvalue weighted by Gasteiger charge is -2.37. The number of fused-ring (bicyclic) bond motifs is 3. The summed E-state index contributed by atoms with van der Waals surface area (Å²) in [6.45, 7) is 3.88. The van der Waals surface area contributed by atoms with Crippen LogP contribution in [-0.4, -0.2) is 81.3 Å². The average molecular weight is 513 g/mol. The quantitative estimate of drug-likeness (QED) is 0.376. The van der Waals surface area contributed by atoms with E-state index in [-0.39, 0.29) is 19.6 Å². The molecule has 0 saturated carbocycles. The molecule has 4 aliphatic rings. The third-order valence-electron chi connectivity index (χ3n) is 6.80. The van der Waals surface area contributed by atoms with Crippen molar-refractivity contribution < 1.29 is 28.4 Å². The lowest BCUT2D eigenvalue weighted by Crippen LogP contribution is -2.43. The number of morpholine rings is 1. The van der Waals surface area contributed by atoms with Gasteiger partial charge in [-0.3, -0.25) is 4.90 Å². The highest BCUT2D eigenvalue weighted by Gasteiger charge is 2.37. The second kappa shape index (κ2) is 9.64. The number of nitrogens with zero attached hydrogens (tertiary/aromatic N) is 3. The van der Waals surface area contributed by atoms with Crippen LogP contribution < -0.4 is 29.0 Å². The SMILES string of the molecule is COc1c2c(cc3c1[C@@H](C(=NC(=S)N1CCOCC1)Nc1ccc4c(c1)OCO4)N(C)CC3)OCO2. The highest BCUT2D eigenvalue weighted by molar-refractivity contribution is 7.80. The number of ether oxygens (including phenoxy) is 6. The Balaban J connectivity index is 1.44. The maximum Gasteiger partial charge on any atom is 0.231 e. The Morgan fingerprint density at radius 1 is 1.03 bits per heavy atom.